The van der Waals surface area contributed by atoms with Crippen molar-refractivity contribution < 1.29 is 4.79 Å². The number of nitrogens with zero attached hydrogens (tertiary/aromatic N) is 3. The highest BCUT2D eigenvalue weighted by molar-refractivity contribution is 7.99. The molecule has 0 fully saturated rings. The van der Waals surface area contributed by atoms with Crippen molar-refractivity contribution in [2.75, 3.05) is 10.7 Å². The van der Waals surface area contributed by atoms with E-state index in [1.54, 1.807) is 29.1 Å². The summed E-state index contributed by atoms with van der Waals surface area (Å²) in [5, 5.41) is 1.33. The second-order valence-electron chi connectivity index (χ2n) is 7.29. The number of carbonyl (C=O) groups is 1. The fourth-order valence-electron chi connectivity index (χ4n) is 3.17. The van der Waals surface area contributed by atoms with Gasteiger partial charge in [0, 0.05) is 29.5 Å². The van der Waals surface area contributed by atoms with Crippen LogP contribution in [-0.2, 0) is 11.3 Å². The standard InChI is InChI=1S/C24H22ClN3OS2/c1-16-5-8-19(9-6-16)30-13-11-21(29)28(15-18-4-3-12-26-14-18)24-27-22-17(2)7-10-20(25)23(22)31-24/h3-10,12,14H,11,13,15H2,1-2H3. The Balaban J connectivity index is 1.56. The third-order valence-corrected chi connectivity index (χ3v) is 7.44. The van der Waals surface area contributed by atoms with Crippen LogP contribution < -0.4 is 4.90 Å². The lowest BCUT2D eigenvalue weighted by Gasteiger charge is -2.20. The van der Waals surface area contributed by atoms with E-state index in [0.29, 0.717) is 28.9 Å². The van der Waals surface area contributed by atoms with Gasteiger partial charge in [0.25, 0.3) is 0 Å². The number of fused-ring (bicyclic) bond motifs is 1. The highest BCUT2D eigenvalue weighted by atomic mass is 35.5. The van der Waals surface area contributed by atoms with Gasteiger partial charge in [-0.15, -0.1) is 11.8 Å². The van der Waals surface area contributed by atoms with Gasteiger partial charge >= 0.3 is 0 Å². The molecular weight excluding hydrogens is 446 g/mol. The molecule has 4 rings (SSSR count). The summed E-state index contributed by atoms with van der Waals surface area (Å²) in [4.78, 5) is 25.2. The van der Waals surface area contributed by atoms with Gasteiger partial charge in [-0.25, -0.2) is 4.98 Å². The van der Waals surface area contributed by atoms with Gasteiger partial charge in [0.2, 0.25) is 5.91 Å². The Morgan fingerprint density at radius 1 is 1.13 bits per heavy atom. The van der Waals surface area contributed by atoms with E-state index >= 15 is 0 Å². The normalized spacial score (nSPS) is 11.1. The fourth-order valence-corrected chi connectivity index (χ4v) is 5.34. The van der Waals surface area contributed by atoms with E-state index in [0.717, 1.165) is 21.3 Å². The van der Waals surface area contributed by atoms with Crippen LogP contribution in [0.2, 0.25) is 5.02 Å². The number of thioether (sulfide) groups is 1. The number of hydrogen-bond acceptors (Lipinski definition) is 5. The average molecular weight is 468 g/mol. The van der Waals surface area contributed by atoms with Crippen molar-refractivity contribution in [1.29, 1.82) is 0 Å². The molecular formula is C24H22ClN3OS2. The predicted octanol–water partition coefficient (Wildman–Crippen LogP) is 6.68. The molecule has 0 atom stereocenters. The molecule has 0 saturated carbocycles. The van der Waals surface area contributed by atoms with Gasteiger partial charge in [-0.2, -0.15) is 0 Å². The summed E-state index contributed by atoms with van der Waals surface area (Å²) in [6.45, 7) is 4.51. The number of benzene rings is 2. The quantitative estimate of drug-likeness (QED) is 0.284. The smallest absolute Gasteiger partial charge is 0.229 e. The molecule has 0 saturated heterocycles. The highest BCUT2D eigenvalue weighted by Crippen LogP contribution is 2.36. The second kappa shape index (κ2) is 9.81. The molecule has 1 amide bonds. The van der Waals surface area contributed by atoms with Gasteiger partial charge in [-0.1, -0.05) is 52.8 Å². The van der Waals surface area contributed by atoms with Crippen molar-refractivity contribution in [3.63, 3.8) is 0 Å². The maximum absolute atomic E-state index is 13.3. The van der Waals surface area contributed by atoms with Gasteiger partial charge in [0.05, 0.1) is 21.8 Å². The van der Waals surface area contributed by atoms with Crippen LogP contribution in [0.4, 0.5) is 5.13 Å². The van der Waals surface area contributed by atoms with Crippen molar-refractivity contribution in [3.8, 4) is 0 Å². The Labute approximate surface area is 195 Å². The van der Waals surface area contributed by atoms with E-state index in [4.69, 9.17) is 16.6 Å². The van der Waals surface area contributed by atoms with Gasteiger partial charge in [0.1, 0.15) is 0 Å². The SMILES string of the molecule is Cc1ccc(SCCC(=O)N(Cc2cccnc2)c2nc3c(C)ccc(Cl)c3s2)cc1. The first-order chi connectivity index (χ1) is 15.0. The van der Waals surface area contributed by atoms with Crippen molar-refractivity contribution in [1.82, 2.24) is 9.97 Å². The molecule has 0 bridgehead atoms. The summed E-state index contributed by atoms with van der Waals surface area (Å²) < 4.78 is 0.912. The number of anilines is 1. The van der Waals surface area contributed by atoms with Crippen LogP contribution in [0, 0.1) is 13.8 Å². The Morgan fingerprint density at radius 3 is 2.65 bits per heavy atom. The van der Waals surface area contributed by atoms with Gasteiger partial charge in [-0.05, 0) is 49.2 Å². The van der Waals surface area contributed by atoms with Gasteiger partial charge < -0.3 is 0 Å². The number of pyridine rings is 1. The summed E-state index contributed by atoms with van der Waals surface area (Å²) >= 11 is 9.55. The topological polar surface area (TPSA) is 46.1 Å². The van der Waals surface area contributed by atoms with Crippen LogP contribution in [0.3, 0.4) is 0 Å². The maximum Gasteiger partial charge on any atom is 0.229 e. The number of aryl methyl sites for hydroxylation is 2. The number of halogens is 1. The first kappa shape index (κ1) is 21.8. The van der Waals surface area contributed by atoms with Crippen molar-refractivity contribution in [2.45, 2.75) is 31.7 Å². The lowest BCUT2D eigenvalue weighted by atomic mass is 10.2. The zero-order valence-electron chi connectivity index (χ0n) is 17.3. The molecule has 4 nitrogen and oxygen atoms in total. The number of rotatable bonds is 7. The largest absolute Gasteiger partial charge is 0.284 e. The number of amides is 1. The summed E-state index contributed by atoms with van der Waals surface area (Å²) in [5.74, 6) is 0.743. The Hall–Kier alpha value is -2.41. The Morgan fingerprint density at radius 2 is 1.94 bits per heavy atom. The number of aromatic nitrogens is 2. The lowest BCUT2D eigenvalue weighted by Crippen LogP contribution is -2.30. The molecule has 0 N–H and O–H groups in total. The summed E-state index contributed by atoms with van der Waals surface area (Å²) in [6, 6.07) is 16.1. The van der Waals surface area contributed by atoms with Crippen LogP contribution in [0.15, 0.2) is 65.8 Å². The molecule has 0 radical (unpaired) electrons. The number of carbonyl (C=O) groups excluding carboxylic acids is 1. The summed E-state index contributed by atoms with van der Waals surface area (Å²) in [7, 11) is 0. The predicted molar refractivity (Wildman–Crippen MR) is 131 cm³/mol. The van der Waals surface area contributed by atoms with E-state index in [1.165, 1.54) is 21.8 Å². The number of thiazole rings is 1. The van der Waals surface area contributed by atoms with Crippen LogP contribution in [0.1, 0.15) is 23.1 Å². The van der Waals surface area contributed by atoms with Crippen LogP contribution in [-0.4, -0.2) is 21.6 Å². The van der Waals surface area contributed by atoms with E-state index in [1.807, 2.05) is 31.2 Å². The zero-order chi connectivity index (χ0) is 21.8. The maximum atomic E-state index is 13.3. The molecule has 2 aromatic carbocycles. The average Bonchev–Trinajstić information content (AvgIpc) is 3.23. The minimum absolute atomic E-state index is 0.0382. The van der Waals surface area contributed by atoms with Crippen LogP contribution >= 0.6 is 34.7 Å². The summed E-state index contributed by atoms with van der Waals surface area (Å²) in [6.07, 6.45) is 3.93. The van der Waals surface area contributed by atoms with Crippen molar-refractivity contribution in [2.24, 2.45) is 0 Å². The molecule has 2 heterocycles. The molecule has 31 heavy (non-hydrogen) atoms. The highest BCUT2D eigenvalue weighted by Gasteiger charge is 2.21. The molecule has 0 aliphatic heterocycles. The summed E-state index contributed by atoms with van der Waals surface area (Å²) in [5.41, 5.74) is 4.09. The monoisotopic (exact) mass is 467 g/mol. The van der Waals surface area contributed by atoms with E-state index < -0.39 is 0 Å². The van der Waals surface area contributed by atoms with Crippen LogP contribution in [0.25, 0.3) is 10.2 Å². The molecule has 158 valence electrons. The fraction of sp³-hybridized carbons (Fsp3) is 0.208. The zero-order valence-corrected chi connectivity index (χ0v) is 19.7. The lowest BCUT2D eigenvalue weighted by molar-refractivity contribution is -0.118. The van der Waals surface area contributed by atoms with Crippen molar-refractivity contribution >= 4 is 56.0 Å². The Bertz CT molecular complexity index is 1150. The van der Waals surface area contributed by atoms with Gasteiger partial charge in [0.15, 0.2) is 5.13 Å². The molecule has 7 heteroatoms. The van der Waals surface area contributed by atoms with Crippen LogP contribution in [0.5, 0.6) is 0 Å². The molecule has 4 aromatic rings. The number of hydrogen-bond donors (Lipinski definition) is 0. The molecule has 0 aliphatic rings. The first-order valence-electron chi connectivity index (χ1n) is 9.95. The molecule has 0 unspecified atom stereocenters. The molecule has 0 spiro atoms. The van der Waals surface area contributed by atoms with E-state index in [-0.39, 0.29) is 5.91 Å². The van der Waals surface area contributed by atoms with E-state index in [2.05, 4.69) is 36.2 Å². The first-order valence-corrected chi connectivity index (χ1v) is 12.1. The minimum Gasteiger partial charge on any atom is -0.284 e. The Kier molecular flexibility index (Phi) is 6.90. The third kappa shape index (κ3) is 5.26. The third-order valence-electron chi connectivity index (χ3n) is 4.89. The molecule has 2 aromatic heterocycles. The van der Waals surface area contributed by atoms with E-state index in [9.17, 15) is 4.79 Å². The second-order valence-corrected chi connectivity index (χ2v) is 9.84. The van der Waals surface area contributed by atoms with Gasteiger partial charge in [-0.3, -0.25) is 14.7 Å². The minimum atomic E-state index is 0.0382. The molecule has 0 aliphatic carbocycles. The van der Waals surface area contributed by atoms with Crippen molar-refractivity contribution in [3.05, 3.63) is 82.6 Å².